The lowest BCUT2D eigenvalue weighted by atomic mass is 9.94. The number of carboxylic acids is 2. The zero-order valence-electron chi connectivity index (χ0n) is 20.4. The molecule has 2 N–H and O–H groups in total. The Hall–Kier alpha value is -4.93. The average Bonchev–Trinajstić information content (AvgIpc) is 3.84. The first kappa shape index (κ1) is 25.4. The molecule has 200 valence electrons. The van der Waals surface area contributed by atoms with Gasteiger partial charge in [-0.3, -0.25) is 43.2 Å². The number of carbonyl (C=O) groups is 9. The molecule has 0 saturated heterocycles. The molecule has 0 amide bonds. The average molecular weight is 542 g/mol. The largest absolute Gasteiger partial charge is 0.481 e. The van der Waals surface area contributed by atoms with Gasteiger partial charge in [0.2, 0.25) is 0 Å². The SMILES string of the molecule is O=C(c1ccc2c(c1)C(=O)C(C(=O)[C@@H]1C[C@H]1C(=O)O)C2=O)c1ccc2c(c1)C(=O)C(C(=O)[C@@H]1C[C@H]1C(=O)O)C2=O. The second kappa shape index (κ2) is 8.54. The number of benzene rings is 2. The molecule has 4 aliphatic rings. The number of carbonyl (C=O) groups excluding carboxylic acids is 7. The van der Waals surface area contributed by atoms with E-state index in [-0.39, 0.29) is 46.2 Å². The summed E-state index contributed by atoms with van der Waals surface area (Å²) in [4.78, 5) is 112. The molecule has 2 unspecified atom stereocenters. The van der Waals surface area contributed by atoms with Gasteiger partial charge in [-0.05, 0) is 37.1 Å². The first-order chi connectivity index (χ1) is 18.9. The van der Waals surface area contributed by atoms with Gasteiger partial charge in [0.1, 0.15) is 11.8 Å². The van der Waals surface area contributed by atoms with Crippen LogP contribution in [-0.2, 0) is 19.2 Å². The molecule has 2 aromatic rings. The minimum absolute atomic E-state index is 0.0329. The van der Waals surface area contributed by atoms with Crippen molar-refractivity contribution in [1.82, 2.24) is 0 Å². The highest BCUT2D eigenvalue weighted by Gasteiger charge is 2.56. The van der Waals surface area contributed by atoms with Crippen LogP contribution in [0.25, 0.3) is 0 Å². The van der Waals surface area contributed by atoms with Crippen molar-refractivity contribution >= 4 is 52.4 Å². The summed E-state index contributed by atoms with van der Waals surface area (Å²) < 4.78 is 0. The summed E-state index contributed by atoms with van der Waals surface area (Å²) in [6.45, 7) is 0. The van der Waals surface area contributed by atoms with Gasteiger partial charge in [-0.2, -0.15) is 0 Å². The van der Waals surface area contributed by atoms with Gasteiger partial charge in [-0.1, -0.05) is 12.1 Å². The van der Waals surface area contributed by atoms with Gasteiger partial charge in [0, 0.05) is 45.2 Å². The minimum Gasteiger partial charge on any atom is -0.481 e. The fourth-order valence-electron chi connectivity index (χ4n) is 5.74. The lowest BCUT2D eigenvalue weighted by Gasteiger charge is -2.05. The molecule has 4 aliphatic carbocycles. The zero-order chi connectivity index (χ0) is 28.8. The smallest absolute Gasteiger partial charge is 0.307 e. The van der Waals surface area contributed by atoms with Crippen molar-refractivity contribution in [2.75, 3.05) is 0 Å². The Balaban J connectivity index is 1.24. The van der Waals surface area contributed by atoms with Crippen molar-refractivity contribution in [3.05, 3.63) is 69.8 Å². The summed E-state index contributed by atoms with van der Waals surface area (Å²) >= 11 is 0. The summed E-state index contributed by atoms with van der Waals surface area (Å²) in [5.41, 5.74) is -0.454. The number of ketones is 7. The van der Waals surface area contributed by atoms with Crippen molar-refractivity contribution in [3.63, 3.8) is 0 Å². The number of aliphatic carboxylic acids is 2. The van der Waals surface area contributed by atoms with Crippen molar-refractivity contribution in [1.29, 1.82) is 0 Å². The molecule has 2 fully saturated rings. The molecule has 0 bridgehead atoms. The van der Waals surface area contributed by atoms with E-state index in [0.717, 1.165) is 0 Å². The van der Waals surface area contributed by atoms with E-state index in [1.807, 2.05) is 0 Å². The van der Waals surface area contributed by atoms with E-state index < -0.39 is 87.9 Å². The number of rotatable bonds is 8. The Morgan fingerprint density at radius 1 is 0.525 bits per heavy atom. The number of Topliss-reactive ketones (excluding diaryl/α,β-unsaturated/α-hetero) is 6. The maximum Gasteiger partial charge on any atom is 0.307 e. The number of hydrogen-bond donors (Lipinski definition) is 2. The molecule has 6 rings (SSSR count). The van der Waals surface area contributed by atoms with E-state index in [1.165, 1.54) is 36.4 Å². The van der Waals surface area contributed by atoms with E-state index in [1.54, 1.807) is 0 Å². The van der Waals surface area contributed by atoms with E-state index in [0.29, 0.717) is 0 Å². The van der Waals surface area contributed by atoms with Gasteiger partial charge in [0.25, 0.3) is 0 Å². The molecule has 0 aromatic heterocycles. The van der Waals surface area contributed by atoms with Crippen LogP contribution in [0, 0.1) is 35.5 Å². The first-order valence-corrected chi connectivity index (χ1v) is 12.4. The monoisotopic (exact) mass is 542 g/mol. The van der Waals surface area contributed by atoms with Crippen LogP contribution in [0.2, 0.25) is 0 Å². The van der Waals surface area contributed by atoms with Crippen molar-refractivity contribution in [2.45, 2.75) is 12.8 Å². The molecule has 2 aromatic carbocycles. The highest BCUT2D eigenvalue weighted by atomic mass is 16.4. The topological polar surface area (TPSA) is 194 Å². The molecule has 0 radical (unpaired) electrons. The fraction of sp³-hybridized carbons (Fsp3) is 0.276. The van der Waals surface area contributed by atoms with Crippen LogP contribution in [0.15, 0.2) is 36.4 Å². The second-order valence-corrected chi connectivity index (χ2v) is 10.6. The predicted molar refractivity (Wildman–Crippen MR) is 129 cm³/mol. The molecule has 0 aliphatic heterocycles. The number of hydrogen-bond acceptors (Lipinski definition) is 9. The van der Waals surface area contributed by atoms with Gasteiger partial charge in [0.05, 0.1) is 11.8 Å². The van der Waals surface area contributed by atoms with Crippen LogP contribution in [-0.4, -0.2) is 62.6 Å². The molecule has 2 saturated carbocycles. The fourth-order valence-corrected chi connectivity index (χ4v) is 5.74. The Morgan fingerprint density at radius 3 is 1.20 bits per heavy atom. The maximum atomic E-state index is 13.3. The van der Waals surface area contributed by atoms with Gasteiger partial charge in [-0.15, -0.1) is 0 Å². The van der Waals surface area contributed by atoms with Crippen molar-refractivity contribution in [3.8, 4) is 0 Å². The third-order valence-corrected chi connectivity index (χ3v) is 8.19. The normalized spacial score (nSPS) is 27.7. The van der Waals surface area contributed by atoms with Crippen LogP contribution >= 0.6 is 0 Å². The van der Waals surface area contributed by atoms with Crippen LogP contribution in [0.1, 0.15) is 70.2 Å². The summed E-state index contributed by atoms with van der Waals surface area (Å²) in [5, 5.41) is 18.2. The molecule has 11 nitrogen and oxygen atoms in total. The molecule has 0 spiro atoms. The Labute approximate surface area is 224 Å². The van der Waals surface area contributed by atoms with Crippen LogP contribution in [0.5, 0.6) is 0 Å². The third kappa shape index (κ3) is 3.61. The quantitative estimate of drug-likeness (QED) is 0.362. The summed E-state index contributed by atoms with van der Waals surface area (Å²) in [7, 11) is 0. The minimum atomic E-state index is -1.65. The predicted octanol–water partition coefficient (Wildman–Crippen LogP) is 1.49. The van der Waals surface area contributed by atoms with E-state index >= 15 is 0 Å². The molecule has 0 heterocycles. The summed E-state index contributed by atoms with van der Waals surface area (Å²) in [6.07, 6.45) is 0.107. The third-order valence-electron chi connectivity index (χ3n) is 8.19. The van der Waals surface area contributed by atoms with Crippen molar-refractivity contribution in [2.24, 2.45) is 35.5 Å². The van der Waals surface area contributed by atoms with Crippen LogP contribution < -0.4 is 0 Å². The molecule has 11 heteroatoms. The first-order valence-electron chi connectivity index (χ1n) is 12.4. The number of fused-ring (bicyclic) bond motifs is 2. The van der Waals surface area contributed by atoms with Gasteiger partial charge >= 0.3 is 11.9 Å². The van der Waals surface area contributed by atoms with Crippen molar-refractivity contribution < 1.29 is 53.4 Å². The lowest BCUT2D eigenvalue weighted by molar-refractivity contribution is -0.140. The number of carboxylic acid groups (broad SMARTS) is 2. The highest BCUT2D eigenvalue weighted by Crippen LogP contribution is 2.45. The van der Waals surface area contributed by atoms with E-state index in [9.17, 15) is 43.2 Å². The Kier molecular flexibility index (Phi) is 5.41. The van der Waals surface area contributed by atoms with Gasteiger partial charge in [0.15, 0.2) is 40.5 Å². The standard InChI is InChI=1S/C29H18O11/c30-21(9-1-3-11-13(5-9)24(33)19(22(11)31)26(35)15-7-17(15)28(37)38)10-2-4-12-14(6-10)25(34)20(23(12)32)27(36)16-8-18(16)29(39)40/h1-6,15-20H,7-8H2,(H,37,38)(H,39,40)/t15-,16-,17-,18-,19?,20?/m1/s1. The van der Waals surface area contributed by atoms with Crippen LogP contribution in [0.4, 0.5) is 0 Å². The molecular weight excluding hydrogens is 524 g/mol. The molecular formula is C29H18O11. The second-order valence-electron chi connectivity index (χ2n) is 10.6. The zero-order valence-corrected chi connectivity index (χ0v) is 20.4. The lowest BCUT2D eigenvalue weighted by Crippen LogP contribution is -2.28. The maximum absolute atomic E-state index is 13.3. The van der Waals surface area contributed by atoms with Crippen LogP contribution in [0.3, 0.4) is 0 Å². The molecule has 40 heavy (non-hydrogen) atoms. The van der Waals surface area contributed by atoms with Gasteiger partial charge in [-0.25, -0.2) is 0 Å². The highest BCUT2D eigenvalue weighted by molar-refractivity contribution is 6.37. The van der Waals surface area contributed by atoms with E-state index in [2.05, 4.69) is 0 Å². The Morgan fingerprint density at radius 2 is 0.875 bits per heavy atom. The molecule has 6 atom stereocenters. The summed E-state index contributed by atoms with van der Waals surface area (Å²) in [6, 6.07) is 7.37. The van der Waals surface area contributed by atoms with E-state index in [4.69, 9.17) is 10.2 Å². The Bertz CT molecular complexity index is 1560. The van der Waals surface area contributed by atoms with Gasteiger partial charge < -0.3 is 10.2 Å². The summed E-state index contributed by atoms with van der Waals surface area (Å²) in [5.74, 6) is -14.6.